The van der Waals surface area contributed by atoms with Crippen molar-refractivity contribution in [3.8, 4) is 5.75 Å². The second-order valence-corrected chi connectivity index (χ2v) is 4.59. The van der Waals surface area contributed by atoms with Gasteiger partial charge in [0.05, 0.1) is 13.2 Å². The number of carbonyl (C=O) groups excluding carboxylic acids is 1. The molecular weight excluding hydrogens is 274 g/mol. The van der Waals surface area contributed by atoms with Crippen LogP contribution in [-0.4, -0.2) is 18.9 Å². The number of alkyl halides is 1. The number of halogens is 1. The molecule has 1 N–H and O–H groups in total. The normalized spacial score (nSPS) is 11.7. The van der Waals surface area contributed by atoms with Crippen molar-refractivity contribution in [2.24, 2.45) is 0 Å². The third-order valence-corrected chi connectivity index (χ3v) is 3.25. The molecule has 2 aromatic rings. The predicted octanol–water partition coefficient (Wildman–Crippen LogP) is 3.14. The molecule has 2 rings (SSSR count). The quantitative estimate of drug-likeness (QED) is 0.859. The van der Waals surface area contributed by atoms with Crippen LogP contribution in [0.15, 0.2) is 54.6 Å². The standard InChI is InChI=1S/C16H16ClNO2/c1-20-14-9-7-13(8-10-14)16(18-15(19)11-17)12-5-3-2-4-6-12/h2-10,16H,11H2,1H3,(H,18,19). The van der Waals surface area contributed by atoms with Crippen LogP contribution in [0.2, 0.25) is 0 Å². The van der Waals surface area contributed by atoms with Crippen LogP contribution in [0.5, 0.6) is 5.75 Å². The number of ether oxygens (including phenoxy) is 1. The molecule has 0 aromatic heterocycles. The zero-order valence-electron chi connectivity index (χ0n) is 11.2. The van der Waals surface area contributed by atoms with Gasteiger partial charge >= 0.3 is 0 Å². The van der Waals surface area contributed by atoms with Gasteiger partial charge in [-0.25, -0.2) is 0 Å². The zero-order valence-corrected chi connectivity index (χ0v) is 11.9. The average molecular weight is 290 g/mol. The Bertz CT molecular complexity index is 554. The van der Waals surface area contributed by atoms with E-state index in [1.54, 1.807) is 7.11 Å². The minimum absolute atomic E-state index is 0.0561. The summed E-state index contributed by atoms with van der Waals surface area (Å²) in [5.41, 5.74) is 1.99. The lowest BCUT2D eigenvalue weighted by molar-refractivity contribution is -0.119. The van der Waals surface area contributed by atoms with Crippen molar-refractivity contribution in [2.75, 3.05) is 13.0 Å². The first-order valence-electron chi connectivity index (χ1n) is 6.29. The third-order valence-electron chi connectivity index (χ3n) is 3.01. The number of methoxy groups -OCH3 is 1. The molecule has 3 nitrogen and oxygen atoms in total. The van der Waals surface area contributed by atoms with Crippen molar-refractivity contribution in [1.29, 1.82) is 0 Å². The number of benzene rings is 2. The van der Waals surface area contributed by atoms with Crippen LogP contribution in [0.4, 0.5) is 0 Å². The fraction of sp³-hybridized carbons (Fsp3) is 0.188. The fourth-order valence-electron chi connectivity index (χ4n) is 2.00. The molecule has 0 aliphatic carbocycles. The first-order valence-corrected chi connectivity index (χ1v) is 6.82. The Labute approximate surface area is 123 Å². The van der Waals surface area contributed by atoms with Crippen molar-refractivity contribution in [3.05, 3.63) is 65.7 Å². The van der Waals surface area contributed by atoms with Gasteiger partial charge in [-0.1, -0.05) is 42.5 Å². The van der Waals surface area contributed by atoms with Gasteiger partial charge in [-0.2, -0.15) is 0 Å². The largest absolute Gasteiger partial charge is 0.497 e. The summed E-state index contributed by atoms with van der Waals surface area (Å²) < 4.78 is 5.15. The van der Waals surface area contributed by atoms with Gasteiger partial charge in [0.15, 0.2) is 0 Å². The summed E-state index contributed by atoms with van der Waals surface area (Å²) in [5, 5.41) is 2.93. The lowest BCUT2D eigenvalue weighted by Gasteiger charge is -2.19. The van der Waals surface area contributed by atoms with Crippen LogP contribution in [0.25, 0.3) is 0 Å². The molecule has 20 heavy (non-hydrogen) atoms. The first-order chi connectivity index (χ1) is 9.74. The van der Waals surface area contributed by atoms with Crippen molar-refractivity contribution < 1.29 is 9.53 Å². The average Bonchev–Trinajstić information content (AvgIpc) is 2.53. The minimum Gasteiger partial charge on any atom is -0.497 e. The van der Waals surface area contributed by atoms with Gasteiger partial charge in [0.25, 0.3) is 0 Å². The smallest absolute Gasteiger partial charge is 0.235 e. The van der Waals surface area contributed by atoms with Gasteiger partial charge in [0.1, 0.15) is 11.6 Å². The molecule has 0 heterocycles. The summed E-state index contributed by atoms with van der Waals surface area (Å²) in [6, 6.07) is 17.2. The van der Waals surface area contributed by atoms with Crippen LogP contribution in [0.3, 0.4) is 0 Å². The van der Waals surface area contributed by atoms with Crippen LogP contribution < -0.4 is 10.1 Å². The lowest BCUT2D eigenvalue weighted by atomic mass is 9.98. The highest BCUT2D eigenvalue weighted by atomic mass is 35.5. The topological polar surface area (TPSA) is 38.3 Å². The van der Waals surface area contributed by atoms with Crippen molar-refractivity contribution in [2.45, 2.75) is 6.04 Å². The van der Waals surface area contributed by atoms with Crippen molar-refractivity contribution in [1.82, 2.24) is 5.32 Å². The van der Waals surface area contributed by atoms with Gasteiger partial charge in [-0.15, -0.1) is 11.6 Å². The predicted molar refractivity (Wildman–Crippen MR) is 80.1 cm³/mol. The van der Waals surface area contributed by atoms with Crippen LogP contribution >= 0.6 is 11.6 Å². The summed E-state index contributed by atoms with van der Waals surface area (Å²) in [6.45, 7) is 0. The number of hydrogen-bond acceptors (Lipinski definition) is 2. The van der Waals surface area contributed by atoms with Crippen molar-refractivity contribution in [3.63, 3.8) is 0 Å². The van der Waals surface area contributed by atoms with E-state index in [2.05, 4.69) is 5.32 Å². The van der Waals surface area contributed by atoms with Crippen LogP contribution in [-0.2, 0) is 4.79 Å². The molecule has 0 bridgehead atoms. The number of nitrogens with one attached hydrogen (secondary N) is 1. The number of rotatable bonds is 5. The maximum absolute atomic E-state index is 11.6. The van der Waals surface area contributed by atoms with Crippen LogP contribution in [0.1, 0.15) is 17.2 Å². The Balaban J connectivity index is 2.32. The van der Waals surface area contributed by atoms with E-state index < -0.39 is 0 Å². The van der Waals surface area contributed by atoms with Gasteiger partial charge in [-0.05, 0) is 23.3 Å². The van der Waals surface area contributed by atoms with E-state index in [1.807, 2.05) is 54.6 Å². The monoisotopic (exact) mass is 289 g/mol. The highest BCUT2D eigenvalue weighted by Gasteiger charge is 2.16. The SMILES string of the molecule is COc1ccc(C(NC(=O)CCl)c2ccccc2)cc1. The molecule has 0 aliphatic heterocycles. The van der Waals surface area contributed by atoms with E-state index >= 15 is 0 Å². The zero-order chi connectivity index (χ0) is 14.4. The molecule has 1 unspecified atom stereocenters. The fourth-order valence-corrected chi connectivity index (χ4v) is 2.08. The molecule has 0 radical (unpaired) electrons. The molecule has 0 aliphatic rings. The highest BCUT2D eigenvalue weighted by Crippen LogP contribution is 2.24. The Hall–Kier alpha value is -2.00. The molecule has 1 amide bonds. The third kappa shape index (κ3) is 3.52. The van der Waals surface area contributed by atoms with Gasteiger partial charge < -0.3 is 10.1 Å². The van der Waals surface area contributed by atoms with E-state index in [1.165, 1.54) is 0 Å². The summed E-state index contributed by atoms with van der Waals surface area (Å²) in [7, 11) is 1.62. The molecule has 2 aromatic carbocycles. The lowest BCUT2D eigenvalue weighted by Crippen LogP contribution is -2.30. The van der Waals surface area contributed by atoms with Gasteiger partial charge in [-0.3, -0.25) is 4.79 Å². The second-order valence-electron chi connectivity index (χ2n) is 4.32. The van der Waals surface area contributed by atoms with E-state index in [0.717, 1.165) is 16.9 Å². The maximum Gasteiger partial charge on any atom is 0.235 e. The maximum atomic E-state index is 11.6. The molecule has 0 spiro atoms. The Morgan fingerprint density at radius 1 is 1.10 bits per heavy atom. The Kier molecular flexibility index (Phi) is 5.02. The summed E-state index contributed by atoms with van der Waals surface area (Å²) in [6.07, 6.45) is 0. The summed E-state index contributed by atoms with van der Waals surface area (Å²) >= 11 is 5.59. The second kappa shape index (κ2) is 6.96. The number of hydrogen-bond donors (Lipinski definition) is 1. The minimum atomic E-state index is -0.214. The number of carbonyl (C=O) groups is 1. The molecule has 0 fully saturated rings. The van der Waals surface area contributed by atoms with Crippen LogP contribution in [0, 0.1) is 0 Å². The van der Waals surface area contributed by atoms with E-state index in [-0.39, 0.29) is 17.8 Å². The molecule has 0 saturated heterocycles. The first kappa shape index (κ1) is 14.4. The molecule has 104 valence electrons. The van der Waals surface area contributed by atoms with Crippen molar-refractivity contribution >= 4 is 17.5 Å². The van der Waals surface area contributed by atoms with Gasteiger partial charge in [0, 0.05) is 0 Å². The summed E-state index contributed by atoms with van der Waals surface area (Å²) in [4.78, 5) is 11.6. The Morgan fingerprint density at radius 2 is 1.70 bits per heavy atom. The van der Waals surface area contributed by atoms with E-state index in [4.69, 9.17) is 16.3 Å². The molecule has 0 saturated carbocycles. The Morgan fingerprint density at radius 3 is 2.25 bits per heavy atom. The number of amides is 1. The molecular formula is C16H16ClNO2. The van der Waals surface area contributed by atoms with Gasteiger partial charge in [0.2, 0.25) is 5.91 Å². The summed E-state index contributed by atoms with van der Waals surface area (Å²) in [5.74, 6) is 0.528. The van der Waals surface area contributed by atoms with E-state index in [9.17, 15) is 4.79 Å². The molecule has 1 atom stereocenters. The highest BCUT2D eigenvalue weighted by molar-refractivity contribution is 6.27. The van der Waals surface area contributed by atoms with E-state index in [0.29, 0.717) is 0 Å². The molecule has 4 heteroatoms.